The van der Waals surface area contributed by atoms with Gasteiger partial charge >= 0.3 is 5.97 Å². The first-order chi connectivity index (χ1) is 8.77. The number of hydrogen-bond donors (Lipinski definition) is 0. The van der Waals surface area contributed by atoms with Crippen molar-refractivity contribution >= 4 is 5.97 Å². The van der Waals surface area contributed by atoms with Gasteiger partial charge < -0.3 is 4.74 Å². The highest BCUT2D eigenvalue weighted by atomic mass is 16.5. The van der Waals surface area contributed by atoms with Gasteiger partial charge in [0.05, 0.1) is 6.61 Å². The minimum absolute atomic E-state index is 0.0646. The van der Waals surface area contributed by atoms with E-state index in [1.165, 1.54) is 5.56 Å². The minimum Gasteiger partial charge on any atom is -0.466 e. The van der Waals surface area contributed by atoms with Crippen LogP contribution in [-0.4, -0.2) is 12.6 Å². The average Bonchev–Trinajstić information content (AvgIpc) is 2.40. The highest BCUT2D eigenvalue weighted by molar-refractivity contribution is 5.69. The van der Waals surface area contributed by atoms with E-state index in [-0.39, 0.29) is 5.97 Å². The fourth-order valence-electron chi connectivity index (χ4n) is 2.12. The molecule has 0 saturated carbocycles. The van der Waals surface area contributed by atoms with Crippen molar-refractivity contribution in [1.29, 1.82) is 0 Å². The van der Waals surface area contributed by atoms with E-state index in [9.17, 15) is 4.79 Å². The summed E-state index contributed by atoms with van der Waals surface area (Å²) in [5, 5.41) is 0. The van der Waals surface area contributed by atoms with Crippen molar-refractivity contribution in [3.05, 3.63) is 35.9 Å². The molecule has 100 valence electrons. The summed E-state index contributed by atoms with van der Waals surface area (Å²) >= 11 is 0. The fraction of sp³-hybridized carbons (Fsp3) is 0.562. The first-order valence-corrected chi connectivity index (χ1v) is 6.98. The van der Waals surface area contributed by atoms with Gasteiger partial charge in [-0.1, -0.05) is 44.2 Å². The van der Waals surface area contributed by atoms with Gasteiger partial charge in [-0.2, -0.15) is 0 Å². The molecule has 1 aromatic rings. The van der Waals surface area contributed by atoms with Crippen LogP contribution in [0.2, 0.25) is 0 Å². The lowest BCUT2D eigenvalue weighted by Gasteiger charge is -2.15. The predicted molar refractivity (Wildman–Crippen MR) is 74.6 cm³/mol. The van der Waals surface area contributed by atoms with E-state index in [1.807, 2.05) is 13.0 Å². The summed E-state index contributed by atoms with van der Waals surface area (Å²) in [6, 6.07) is 10.6. The van der Waals surface area contributed by atoms with Crippen LogP contribution in [0.5, 0.6) is 0 Å². The second-order valence-corrected chi connectivity index (χ2v) is 4.63. The van der Waals surface area contributed by atoms with Crippen LogP contribution in [0, 0.1) is 0 Å². The third-order valence-electron chi connectivity index (χ3n) is 3.18. The Morgan fingerprint density at radius 3 is 2.56 bits per heavy atom. The Balaban J connectivity index is 2.26. The standard InChI is InChI=1S/C16H24O2/c1-3-9-16(17)18-13-8-12-14(4-2)15-10-6-5-7-11-15/h5-7,10-11,14H,3-4,8-9,12-13H2,1-2H3. The van der Waals surface area contributed by atoms with Crippen LogP contribution in [0.4, 0.5) is 0 Å². The summed E-state index contributed by atoms with van der Waals surface area (Å²) < 4.78 is 5.17. The SMILES string of the molecule is CCCC(=O)OCCCC(CC)c1ccccc1. The molecule has 1 rings (SSSR count). The van der Waals surface area contributed by atoms with Gasteiger partial charge in [0.25, 0.3) is 0 Å². The molecule has 2 nitrogen and oxygen atoms in total. The van der Waals surface area contributed by atoms with Gasteiger partial charge in [0, 0.05) is 6.42 Å². The van der Waals surface area contributed by atoms with Crippen molar-refractivity contribution in [3.8, 4) is 0 Å². The molecule has 0 aliphatic rings. The first-order valence-electron chi connectivity index (χ1n) is 6.98. The molecular formula is C16H24O2. The molecule has 0 bridgehead atoms. The maximum atomic E-state index is 11.2. The molecule has 0 aliphatic heterocycles. The second-order valence-electron chi connectivity index (χ2n) is 4.63. The number of carbonyl (C=O) groups excluding carboxylic acids is 1. The summed E-state index contributed by atoms with van der Waals surface area (Å²) in [5.74, 6) is 0.515. The van der Waals surface area contributed by atoms with Gasteiger partial charge in [0.1, 0.15) is 0 Å². The van der Waals surface area contributed by atoms with Gasteiger partial charge in [0.2, 0.25) is 0 Å². The number of ether oxygens (including phenoxy) is 1. The van der Waals surface area contributed by atoms with E-state index in [4.69, 9.17) is 4.74 Å². The van der Waals surface area contributed by atoms with Gasteiger partial charge in [-0.3, -0.25) is 4.79 Å². The van der Waals surface area contributed by atoms with Crippen LogP contribution >= 0.6 is 0 Å². The summed E-state index contributed by atoms with van der Waals surface area (Å²) in [7, 11) is 0. The van der Waals surface area contributed by atoms with Gasteiger partial charge in [-0.05, 0) is 37.2 Å². The third-order valence-corrected chi connectivity index (χ3v) is 3.18. The van der Waals surface area contributed by atoms with E-state index in [1.54, 1.807) is 0 Å². The van der Waals surface area contributed by atoms with Crippen LogP contribution in [0.25, 0.3) is 0 Å². The molecule has 0 radical (unpaired) electrons. The molecule has 2 heteroatoms. The Morgan fingerprint density at radius 2 is 1.94 bits per heavy atom. The first kappa shape index (κ1) is 14.7. The van der Waals surface area contributed by atoms with Crippen molar-refractivity contribution in [1.82, 2.24) is 0 Å². The van der Waals surface area contributed by atoms with Crippen LogP contribution in [0.15, 0.2) is 30.3 Å². The molecule has 0 saturated heterocycles. The Kier molecular flexibility index (Phi) is 7.16. The van der Waals surface area contributed by atoms with E-state index in [0.29, 0.717) is 18.9 Å². The van der Waals surface area contributed by atoms with E-state index >= 15 is 0 Å². The quantitative estimate of drug-likeness (QED) is 0.506. The van der Waals surface area contributed by atoms with Gasteiger partial charge in [-0.15, -0.1) is 0 Å². The highest BCUT2D eigenvalue weighted by Gasteiger charge is 2.09. The largest absolute Gasteiger partial charge is 0.466 e. The van der Waals surface area contributed by atoms with Crippen LogP contribution in [0.1, 0.15) is 57.4 Å². The number of benzene rings is 1. The lowest BCUT2D eigenvalue weighted by Crippen LogP contribution is -2.06. The molecule has 0 spiro atoms. The van der Waals surface area contributed by atoms with Crippen molar-refractivity contribution in [2.75, 3.05) is 6.61 Å². The minimum atomic E-state index is -0.0646. The zero-order valence-corrected chi connectivity index (χ0v) is 11.5. The molecule has 1 atom stereocenters. The molecule has 0 aromatic heterocycles. The molecule has 1 unspecified atom stereocenters. The zero-order valence-electron chi connectivity index (χ0n) is 11.5. The zero-order chi connectivity index (χ0) is 13.2. The monoisotopic (exact) mass is 248 g/mol. The van der Waals surface area contributed by atoms with Crippen LogP contribution in [-0.2, 0) is 9.53 Å². The van der Waals surface area contributed by atoms with Crippen LogP contribution in [0.3, 0.4) is 0 Å². The number of carbonyl (C=O) groups is 1. The summed E-state index contributed by atoms with van der Waals surface area (Å²) in [5.41, 5.74) is 1.39. The predicted octanol–water partition coefficient (Wildman–Crippen LogP) is 4.30. The molecule has 0 amide bonds. The smallest absolute Gasteiger partial charge is 0.305 e. The summed E-state index contributed by atoms with van der Waals surface area (Å²) in [6.45, 7) is 4.76. The highest BCUT2D eigenvalue weighted by Crippen LogP contribution is 2.24. The summed E-state index contributed by atoms with van der Waals surface area (Å²) in [6.07, 6.45) is 4.56. The maximum Gasteiger partial charge on any atom is 0.305 e. The Bertz CT molecular complexity index is 332. The molecule has 0 aliphatic carbocycles. The second kappa shape index (κ2) is 8.73. The van der Waals surface area contributed by atoms with E-state index in [2.05, 4.69) is 31.2 Å². The fourth-order valence-corrected chi connectivity index (χ4v) is 2.12. The lowest BCUT2D eigenvalue weighted by molar-refractivity contribution is -0.143. The summed E-state index contributed by atoms with van der Waals surface area (Å²) in [4.78, 5) is 11.2. The number of esters is 1. The van der Waals surface area contributed by atoms with Crippen molar-refractivity contribution < 1.29 is 9.53 Å². The number of rotatable bonds is 8. The lowest BCUT2D eigenvalue weighted by atomic mass is 9.92. The Labute approximate surface area is 110 Å². The molecule has 1 aromatic carbocycles. The Hall–Kier alpha value is -1.31. The van der Waals surface area contributed by atoms with E-state index < -0.39 is 0 Å². The van der Waals surface area contributed by atoms with Crippen molar-refractivity contribution in [2.24, 2.45) is 0 Å². The topological polar surface area (TPSA) is 26.3 Å². The average molecular weight is 248 g/mol. The number of hydrogen-bond acceptors (Lipinski definition) is 2. The molecule has 0 N–H and O–H groups in total. The van der Waals surface area contributed by atoms with E-state index in [0.717, 1.165) is 25.7 Å². The molecule has 0 heterocycles. The molecule has 0 fully saturated rings. The van der Waals surface area contributed by atoms with Gasteiger partial charge in [-0.25, -0.2) is 0 Å². The normalized spacial score (nSPS) is 12.1. The maximum absolute atomic E-state index is 11.2. The third kappa shape index (κ3) is 5.35. The molecular weight excluding hydrogens is 224 g/mol. The van der Waals surface area contributed by atoms with Crippen molar-refractivity contribution in [3.63, 3.8) is 0 Å². The van der Waals surface area contributed by atoms with Crippen molar-refractivity contribution in [2.45, 2.75) is 51.9 Å². The molecule has 18 heavy (non-hydrogen) atoms. The van der Waals surface area contributed by atoms with Crippen LogP contribution < -0.4 is 0 Å². The van der Waals surface area contributed by atoms with Gasteiger partial charge in [0.15, 0.2) is 0 Å². The Morgan fingerprint density at radius 1 is 1.22 bits per heavy atom.